The lowest BCUT2D eigenvalue weighted by atomic mass is 9.80. The number of hydrogen-bond acceptors (Lipinski definition) is 1. The Balaban J connectivity index is 2.66. The average molecular weight is 183 g/mol. The van der Waals surface area contributed by atoms with Gasteiger partial charge in [-0.05, 0) is 38.8 Å². The molecule has 0 amide bonds. The summed E-state index contributed by atoms with van der Waals surface area (Å²) < 4.78 is 0. The predicted octanol–water partition coefficient (Wildman–Crippen LogP) is 3.44. The van der Waals surface area contributed by atoms with E-state index in [2.05, 4.69) is 25.7 Å². The van der Waals surface area contributed by atoms with Crippen LogP contribution in [0.5, 0.6) is 0 Å². The van der Waals surface area contributed by atoms with Crippen LogP contribution in [-0.4, -0.2) is 23.5 Å². The topological polar surface area (TPSA) is 3.24 Å². The Hall–Kier alpha value is -0.0400. The molecule has 0 aromatic rings. The number of nitrogens with zero attached hydrogens (tertiary/aromatic N) is 1. The zero-order valence-electron chi connectivity index (χ0n) is 9.60. The summed E-state index contributed by atoms with van der Waals surface area (Å²) in [5.41, 5.74) is 0.571. The molecule has 1 atom stereocenters. The predicted molar refractivity (Wildman–Crippen MR) is 59.0 cm³/mol. The van der Waals surface area contributed by atoms with Gasteiger partial charge in [-0.1, -0.05) is 33.6 Å². The van der Waals surface area contributed by atoms with Crippen molar-refractivity contribution in [1.29, 1.82) is 0 Å². The standard InChI is InChI=1S/C12H25N/c1-4-9-12(5-2)10-7-8-11-13(12)6-3/h4-11H2,1-3H3. The highest BCUT2D eigenvalue weighted by atomic mass is 15.2. The first-order chi connectivity index (χ1) is 6.29. The summed E-state index contributed by atoms with van der Waals surface area (Å²) in [6, 6.07) is 0. The van der Waals surface area contributed by atoms with Gasteiger partial charge in [0.2, 0.25) is 0 Å². The molecule has 0 spiro atoms. The van der Waals surface area contributed by atoms with Crippen LogP contribution < -0.4 is 0 Å². The SMILES string of the molecule is CCCC1(CC)CCCCN1CC. The van der Waals surface area contributed by atoms with E-state index in [-0.39, 0.29) is 0 Å². The number of hydrogen-bond donors (Lipinski definition) is 0. The van der Waals surface area contributed by atoms with Gasteiger partial charge in [0.1, 0.15) is 0 Å². The lowest BCUT2D eigenvalue weighted by molar-refractivity contribution is 0.0393. The highest BCUT2D eigenvalue weighted by Gasteiger charge is 2.34. The molecule has 1 unspecified atom stereocenters. The van der Waals surface area contributed by atoms with E-state index in [1.54, 1.807) is 0 Å². The minimum Gasteiger partial charge on any atom is -0.298 e. The highest BCUT2D eigenvalue weighted by Crippen LogP contribution is 2.34. The molecule has 0 aliphatic carbocycles. The van der Waals surface area contributed by atoms with Gasteiger partial charge in [0.05, 0.1) is 0 Å². The smallest absolute Gasteiger partial charge is 0.0206 e. The van der Waals surface area contributed by atoms with Crippen molar-refractivity contribution in [2.75, 3.05) is 13.1 Å². The van der Waals surface area contributed by atoms with E-state index in [0.717, 1.165) is 0 Å². The Bertz CT molecular complexity index is 140. The molecule has 1 nitrogen and oxygen atoms in total. The van der Waals surface area contributed by atoms with Crippen LogP contribution in [0, 0.1) is 0 Å². The van der Waals surface area contributed by atoms with E-state index >= 15 is 0 Å². The zero-order valence-corrected chi connectivity index (χ0v) is 9.60. The van der Waals surface area contributed by atoms with Crippen molar-refractivity contribution in [1.82, 2.24) is 4.90 Å². The van der Waals surface area contributed by atoms with Gasteiger partial charge in [0.25, 0.3) is 0 Å². The van der Waals surface area contributed by atoms with Crippen molar-refractivity contribution in [3.05, 3.63) is 0 Å². The van der Waals surface area contributed by atoms with E-state index in [0.29, 0.717) is 5.54 Å². The molecule has 1 heteroatoms. The van der Waals surface area contributed by atoms with Gasteiger partial charge in [-0.2, -0.15) is 0 Å². The van der Waals surface area contributed by atoms with Crippen molar-refractivity contribution >= 4 is 0 Å². The second-order valence-corrected chi connectivity index (χ2v) is 4.36. The van der Waals surface area contributed by atoms with Crippen LogP contribution in [0.15, 0.2) is 0 Å². The van der Waals surface area contributed by atoms with E-state index < -0.39 is 0 Å². The Morgan fingerprint density at radius 2 is 1.92 bits per heavy atom. The van der Waals surface area contributed by atoms with Gasteiger partial charge in [0.15, 0.2) is 0 Å². The molecule has 0 bridgehead atoms. The molecule has 1 rings (SSSR count). The first-order valence-corrected chi connectivity index (χ1v) is 6.04. The molecule has 0 aromatic carbocycles. The molecule has 13 heavy (non-hydrogen) atoms. The number of piperidine rings is 1. The highest BCUT2D eigenvalue weighted by molar-refractivity contribution is 4.91. The molecule has 1 saturated heterocycles. The Kier molecular flexibility index (Phi) is 4.24. The first-order valence-electron chi connectivity index (χ1n) is 6.04. The normalized spacial score (nSPS) is 30.7. The maximum absolute atomic E-state index is 2.72. The Morgan fingerprint density at radius 3 is 2.46 bits per heavy atom. The van der Waals surface area contributed by atoms with Crippen LogP contribution in [0.4, 0.5) is 0 Å². The molecule has 1 heterocycles. The number of rotatable bonds is 4. The first kappa shape index (κ1) is 11.0. The van der Waals surface area contributed by atoms with Crippen LogP contribution in [0.3, 0.4) is 0 Å². The van der Waals surface area contributed by atoms with Crippen LogP contribution in [0.1, 0.15) is 59.3 Å². The summed E-state index contributed by atoms with van der Waals surface area (Å²) in [4.78, 5) is 2.72. The molecule has 78 valence electrons. The van der Waals surface area contributed by atoms with Gasteiger partial charge in [0, 0.05) is 5.54 Å². The lowest BCUT2D eigenvalue weighted by Crippen LogP contribution is -2.51. The fourth-order valence-corrected chi connectivity index (χ4v) is 2.97. The van der Waals surface area contributed by atoms with Crippen molar-refractivity contribution in [3.8, 4) is 0 Å². The molecule has 1 fully saturated rings. The summed E-state index contributed by atoms with van der Waals surface area (Å²) in [5.74, 6) is 0. The third-order valence-electron chi connectivity index (χ3n) is 3.75. The monoisotopic (exact) mass is 183 g/mol. The zero-order chi connectivity index (χ0) is 9.73. The Morgan fingerprint density at radius 1 is 1.15 bits per heavy atom. The average Bonchev–Trinajstić information content (AvgIpc) is 2.19. The Labute approximate surface area is 83.5 Å². The summed E-state index contributed by atoms with van der Waals surface area (Å²) in [6.07, 6.45) is 8.38. The van der Waals surface area contributed by atoms with E-state index in [9.17, 15) is 0 Å². The maximum atomic E-state index is 2.72. The third kappa shape index (κ3) is 2.25. The fourth-order valence-electron chi connectivity index (χ4n) is 2.97. The lowest BCUT2D eigenvalue weighted by Gasteiger charge is -2.47. The molecule has 1 aliphatic rings. The molecule has 0 radical (unpaired) electrons. The van der Waals surface area contributed by atoms with E-state index in [1.807, 2.05) is 0 Å². The molecular formula is C12H25N. The van der Waals surface area contributed by atoms with Gasteiger partial charge >= 0.3 is 0 Å². The van der Waals surface area contributed by atoms with Crippen molar-refractivity contribution < 1.29 is 0 Å². The van der Waals surface area contributed by atoms with Gasteiger partial charge in [-0.15, -0.1) is 0 Å². The second-order valence-electron chi connectivity index (χ2n) is 4.36. The van der Waals surface area contributed by atoms with Gasteiger partial charge < -0.3 is 0 Å². The quantitative estimate of drug-likeness (QED) is 0.645. The van der Waals surface area contributed by atoms with Gasteiger partial charge in [-0.3, -0.25) is 4.90 Å². The summed E-state index contributed by atoms with van der Waals surface area (Å²) in [5, 5.41) is 0. The minimum atomic E-state index is 0.571. The summed E-state index contributed by atoms with van der Waals surface area (Å²) >= 11 is 0. The molecule has 0 aromatic heterocycles. The molecule has 0 saturated carbocycles. The molecular weight excluding hydrogens is 158 g/mol. The second kappa shape index (κ2) is 4.99. The van der Waals surface area contributed by atoms with E-state index in [1.165, 1.54) is 51.6 Å². The van der Waals surface area contributed by atoms with Crippen molar-refractivity contribution in [3.63, 3.8) is 0 Å². The maximum Gasteiger partial charge on any atom is 0.0206 e. The minimum absolute atomic E-state index is 0.571. The van der Waals surface area contributed by atoms with Gasteiger partial charge in [-0.25, -0.2) is 0 Å². The van der Waals surface area contributed by atoms with E-state index in [4.69, 9.17) is 0 Å². The summed E-state index contributed by atoms with van der Waals surface area (Å²) in [6.45, 7) is 9.58. The molecule has 1 aliphatic heterocycles. The third-order valence-corrected chi connectivity index (χ3v) is 3.75. The molecule has 0 N–H and O–H groups in total. The largest absolute Gasteiger partial charge is 0.298 e. The van der Waals surface area contributed by atoms with Crippen molar-refractivity contribution in [2.45, 2.75) is 64.8 Å². The van der Waals surface area contributed by atoms with Crippen LogP contribution in [0.25, 0.3) is 0 Å². The summed E-state index contributed by atoms with van der Waals surface area (Å²) in [7, 11) is 0. The van der Waals surface area contributed by atoms with Crippen LogP contribution in [0.2, 0.25) is 0 Å². The fraction of sp³-hybridized carbons (Fsp3) is 1.00. The van der Waals surface area contributed by atoms with Crippen molar-refractivity contribution in [2.24, 2.45) is 0 Å². The number of likely N-dealkylation sites (tertiary alicyclic amines) is 1. The van der Waals surface area contributed by atoms with Crippen LogP contribution >= 0.6 is 0 Å². The van der Waals surface area contributed by atoms with Crippen LogP contribution in [-0.2, 0) is 0 Å².